The van der Waals surface area contributed by atoms with E-state index >= 15 is 0 Å². The summed E-state index contributed by atoms with van der Waals surface area (Å²) in [5, 5.41) is 6.78. The molecule has 1 rings (SSSR count). The lowest BCUT2D eigenvalue weighted by Crippen LogP contribution is -2.49. The maximum absolute atomic E-state index is 10.9. The number of aliphatic imine (C=N–C) groups is 1. The zero-order chi connectivity index (χ0) is 14.8. The van der Waals surface area contributed by atoms with E-state index in [1.165, 1.54) is 0 Å². The lowest BCUT2D eigenvalue weighted by atomic mass is 10.1. The monoisotopic (exact) mass is 429 g/mol. The van der Waals surface area contributed by atoms with Crippen molar-refractivity contribution in [3.63, 3.8) is 0 Å². The smallest absolute Gasteiger partial charge is 0.231 e. The van der Waals surface area contributed by atoms with Crippen LogP contribution in [0.15, 0.2) is 4.99 Å². The zero-order valence-corrected chi connectivity index (χ0v) is 16.1. The highest BCUT2D eigenvalue weighted by atomic mass is 127. The van der Waals surface area contributed by atoms with Crippen LogP contribution in [0.3, 0.4) is 0 Å². The van der Waals surface area contributed by atoms with Crippen LogP contribution >= 0.6 is 35.7 Å². The van der Waals surface area contributed by atoms with E-state index in [0.717, 1.165) is 50.6 Å². The van der Waals surface area contributed by atoms with Crippen molar-refractivity contribution in [2.75, 3.05) is 45.2 Å². The number of piperidine rings is 1. The summed E-state index contributed by atoms with van der Waals surface area (Å²) in [7, 11) is 1.80. The Morgan fingerprint density at radius 3 is 2.62 bits per heavy atom. The van der Waals surface area contributed by atoms with E-state index < -0.39 is 0 Å². The lowest BCUT2D eigenvalue weighted by molar-refractivity contribution is -0.119. The van der Waals surface area contributed by atoms with Gasteiger partial charge in [0.05, 0.1) is 6.54 Å². The molecule has 0 saturated carbocycles. The molecule has 1 fully saturated rings. The SMILES string of the molecule is CN=C(NCCCSC)NC1CCN(CC(N)=O)CC1.I. The predicted molar refractivity (Wildman–Crippen MR) is 102 cm³/mol. The number of likely N-dealkylation sites (tertiary alicyclic amines) is 1. The molecule has 1 aliphatic heterocycles. The van der Waals surface area contributed by atoms with Gasteiger partial charge in [-0.25, -0.2) is 0 Å². The van der Waals surface area contributed by atoms with Crippen molar-refractivity contribution in [1.82, 2.24) is 15.5 Å². The van der Waals surface area contributed by atoms with Gasteiger partial charge in [0.15, 0.2) is 5.96 Å². The predicted octanol–water partition coefficient (Wildman–Crippen LogP) is 0.472. The molecule has 0 bridgehead atoms. The summed E-state index contributed by atoms with van der Waals surface area (Å²) in [4.78, 5) is 17.2. The van der Waals surface area contributed by atoms with Crippen LogP contribution in [0.5, 0.6) is 0 Å². The second-order valence-electron chi connectivity index (χ2n) is 5.01. The van der Waals surface area contributed by atoms with Gasteiger partial charge in [-0.05, 0) is 31.3 Å². The van der Waals surface area contributed by atoms with Crippen LogP contribution in [0.2, 0.25) is 0 Å². The first-order valence-electron chi connectivity index (χ1n) is 7.12. The van der Waals surface area contributed by atoms with Crippen molar-refractivity contribution >= 4 is 47.6 Å². The molecular weight excluding hydrogens is 401 g/mol. The fraction of sp³-hybridized carbons (Fsp3) is 0.846. The lowest BCUT2D eigenvalue weighted by Gasteiger charge is -2.32. The van der Waals surface area contributed by atoms with Crippen molar-refractivity contribution in [1.29, 1.82) is 0 Å². The molecule has 0 aromatic heterocycles. The Morgan fingerprint density at radius 1 is 1.43 bits per heavy atom. The molecule has 1 amide bonds. The molecule has 0 atom stereocenters. The standard InChI is InChI=1S/C13H27N5OS.HI/c1-15-13(16-6-3-9-20-2)17-11-4-7-18(8-5-11)10-12(14)19;/h11H,3-10H2,1-2H3,(H2,14,19)(H2,15,16,17);1H. The summed E-state index contributed by atoms with van der Waals surface area (Å²) in [6.45, 7) is 3.13. The van der Waals surface area contributed by atoms with E-state index in [0.29, 0.717) is 12.6 Å². The number of amides is 1. The number of carbonyl (C=O) groups is 1. The largest absolute Gasteiger partial charge is 0.369 e. The summed E-state index contributed by atoms with van der Waals surface area (Å²) in [5.74, 6) is 1.79. The first-order valence-corrected chi connectivity index (χ1v) is 8.52. The van der Waals surface area contributed by atoms with Gasteiger partial charge in [-0.15, -0.1) is 24.0 Å². The Morgan fingerprint density at radius 2 is 2.10 bits per heavy atom. The molecule has 124 valence electrons. The fourth-order valence-electron chi connectivity index (χ4n) is 2.27. The molecule has 6 nitrogen and oxygen atoms in total. The molecule has 0 unspecified atom stereocenters. The van der Waals surface area contributed by atoms with Crippen LogP contribution < -0.4 is 16.4 Å². The number of hydrogen-bond acceptors (Lipinski definition) is 4. The molecule has 0 radical (unpaired) electrons. The summed E-state index contributed by atoms with van der Waals surface area (Å²) < 4.78 is 0. The van der Waals surface area contributed by atoms with Gasteiger partial charge in [0, 0.05) is 32.7 Å². The normalized spacial score (nSPS) is 17.1. The average Bonchev–Trinajstić information content (AvgIpc) is 2.43. The second-order valence-corrected chi connectivity index (χ2v) is 5.99. The minimum absolute atomic E-state index is 0. The van der Waals surface area contributed by atoms with Gasteiger partial charge in [0.2, 0.25) is 5.91 Å². The highest BCUT2D eigenvalue weighted by molar-refractivity contribution is 14.0. The molecule has 1 saturated heterocycles. The van der Waals surface area contributed by atoms with Crippen LogP contribution in [0, 0.1) is 0 Å². The Hall–Kier alpha value is -0.220. The van der Waals surface area contributed by atoms with Crippen molar-refractivity contribution < 1.29 is 4.79 Å². The van der Waals surface area contributed by atoms with Crippen molar-refractivity contribution in [3.8, 4) is 0 Å². The Kier molecular flexibility index (Phi) is 12.2. The van der Waals surface area contributed by atoms with Gasteiger partial charge in [-0.2, -0.15) is 11.8 Å². The number of thioether (sulfide) groups is 1. The van der Waals surface area contributed by atoms with E-state index in [1.54, 1.807) is 7.05 Å². The van der Waals surface area contributed by atoms with Gasteiger partial charge in [-0.1, -0.05) is 0 Å². The molecule has 0 aliphatic carbocycles. The van der Waals surface area contributed by atoms with Gasteiger partial charge < -0.3 is 16.4 Å². The van der Waals surface area contributed by atoms with Crippen molar-refractivity contribution in [3.05, 3.63) is 0 Å². The van der Waals surface area contributed by atoms with E-state index in [-0.39, 0.29) is 29.9 Å². The zero-order valence-electron chi connectivity index (χ0n) is 12.9. The highest BCUT2D eigenvalue weighted by Crippen LogP contribution is 2.09. The van der Waals surface area contributed by atoms with E-state index in [1.807, 2.05) is 11.8 Å². The quantitative estimate of drug-likeness (QED) is 0.237. The summed E-state index contributed by atoms with van der Waals surface area (Å²) in [6, 6.07) is 0.422. The van der Waals surface area contributed by atoms with Crippen molar-refractivity contribution in [2.45, 2.75) is 25.3 Å². The second kappa shape index (κ2) is 12.3. The number of carbonyl (C=O) groups excluding carboxylic acids is 1. The Balaban J connectivity index is 0.00000400. The van der Waals surface area contributed by atoms with Gasteiger partial charge in [-0.3, -0.25) is 14.7 Å². The number of primary amides is 1. The van der Waals surface area contributed by atoms with Gasteiger partial charge >= 0.3 is 0 Å². The number of guanidine groups is 1. The van der Waals surface area contributed by atoms with Crippen molar-refractivity contribution in [2.24, 2.45) is 10.7 Å². The van der Waals surface area contributed by atoms with Crippen LogP contribution in [-0.2, 0) is 4.79 Å². The molecule has 8 heteroatoms. The molecule has 0 aromatic carbocycles. The molecular formula is C13H28IN5OS. The minimum Gasteiger partial charge on any atom is -0.369 e. The average molecular weight is 429 g/mol. The third-order valence-electron chi connectivity index (χ3n) is 3.35. The maximum atomic E-state index is 10.9. The third-order valence-corrected chi connectivity index (χ3v) is 4.05. The van der Waals surface area contributed by atoms with Crippen LogP contribution in [-0.4, -0.2) is 68.0 Å². The molecule has 21 heavy (non-hydrogen) atoms. The molecule has 1 heterocycles. The minimum atomic E-state index is -0.248. The summed E-state index contributed by atoms with van der Waals surface area (Å²) in [5.41, 5.74) is 5.21. The molecule has 0 aromatic rings. The molecule has 4 N–H and O–H groups in total. The van der Waals surface area contributed by atoms with Crippen LogP contribution in [0.4, 0.5) is 0 Å². The first-order chi connectivity index (χ1) is 9.65. The van der Waals surface area contributed by atoms with Crippen LogP contribution in [0.1, 0.15) is 19.3 Å². The number of halogens is 1. The van der Waals surface area contributed by atoms with Crippen LogP contribution in [0.25, 0.3) is 0 Å². The number of rotatable bonds is 7. The summed E-state index contributed by atoms with van der Waals surface area (Å²) >= 11 is 1.86. The highest BCUT2D eigenvalue weighted by Gasteiger charge is 2.20. The Labute approximate surface area is 149 Å². The maximum Gasteiger partial charge on any atom is 0.231 e. The third kappa shape index (κ3) is 9.41. The summed E-state index contributed by atoms with van der Waals surface area (Å²) in [6.07, 6.45) is 5.28. The number of nitrogens with zero attached hydrogens (tertiary/aromatic N) is 2. The van der Waals surface area contributed by atoms with E-state index in [4.69, 9.17) is 5.73 Å². The number of nitrogens with one attached hydrogen (secondary N) is 2. The fourth-order valence-corrected chi connectivity index (χ4v) is 2.70. The number of hydrogen-bond donors (Lipinski definition) is 3. The van der Waals surface area contributed by atoms with Gasteiger partial charge in [0.1, 0.15) is 0 Å². The van der Waals surface area contributed by atoms with E-state index in [2.05, 4.69) is 26.8 Å². The Bertz CT molecular complexity index is 322. The number of nitrogens with two attached hydrogens (primary N) is 1. The molecule has 0 spiro atoms. The first kappa shape index (κ1) is 20.8. The van der Waals surface area contributed by atoms with E-state index in [9.17, 15) is 4.79 Å². The van der Waals surface area contributed by atoms with Gasteiger partial charge in [0.25, 0.3) is 0 Å². The topological polar surface area (TPSA) is 82.8 Å². The molecule has 1 aliphatic rings.